The lowest BCUT2D eigenvalue weighted by atomic mass is 10.0. The largest absolute Gasteiger partial charge is 0.480 e. The smallest absolute Gasteiger partial charge is 0.416 e. The predicted octanol–water partition coefficient (Wildman–Crippen LogP) is 3.29. The number of hydrogen-bond acceptors (Lipinski definition) is 2. The van der Waals surface area contributed by atoms with E-state index in [0.29, 0.717) is 12.1 Å². The number of amides is 1. The van der Waals surface area contributed by atoms with Crippen molar-refractivity contribution < 1.29 is 27.9 Å². The van der Waals surface area contributed by atoms with Gasteiger partial charge in [-0.25, -0.2) is 4.79 Å². The fraction of sp³-hybridized carbons (Fsp3) is 0.385. The molecular formula is C13H13ClF3NO3. The SMILES string of the molecule is CN(C(=O)c1cc(Cl)cc(C(F)(F)F)c1)C(C)(C)C(=O)O. The molecule has 0 heterocycles. The number of carbonyl (C=O) groups excluding carboxylic acids is 1. The molecule has 1 amide bonds. The molecule has 0 atom stereocenters. The zero-order valence-corrected chi connectivity index (χ0v) is 12.2. The maximum Gasteiger partial charge on any atom is 0.416 e. The highest BCUT2D eigenvalue weighted by molar-refractivity contribution is 6.31. The number of likely N-dealkylation sites (N-methyl/N-ethyl adjacent to an activating group) is 1. The molecule has 0 bridgehead atoms. The van der Waals surface area contributed by atoms with Gasteiger partial charge in [-0.2, -0.15) is 13.2 Å². The Kier molecular flexibility index (Phi) is 4.57. The Hall–Kier alpha value is -1.76. The van der Waals surface area contributed by atoms with Crippen LogP contribution in [0.25, 0.3) is 0 Å². The normalized spacial score (nSPS) is 12.1. The van der Waals surface area contributed by atoms with Gasteiger partial charge >= 0.3 is 12.1 Å². The highest BCUT2D eigenvalue weighted by Crippen LogP contribution is 2.32. The second kappa shape index (κ2) is 5.55. The summed E-state index contributed by atoms with van der Waals surface area (Å²) in [6.07, 6.45) is -4.65. The van der Waals surface area contributed by atoms with Crippen LogP contribution in [0.15, 0.2) is 18.2 Å². The van der Waals surface area contributed by atoms with Crippen LogP contribution in [0, 0.1) is 0 Å². The molecule has 1 rings (SSSR count). The topological polar surface area (TPSA) is 57.6 Å². The van der Waals surface area contributed by atoms with Crippen LogP contribution in [0.4, 0.5) is 13.2 Å². The van der Waals surface area contributed by atoms with Crippen molar-refractivity contribution >= 4 is 23.5 Å². The van der Waals surface area contributed by atoms with Crippen molar-refractivity contribution in [3.63, 3.8) is 0 Å². The molecule has 1 aromatic carbocycles. The number of carbonyl (C=O) groups is 2. The molecule has 0 saturated heterocycles. The van der Waals surface area contributed by atoms with Gasteiger partial charge in [0.2, 0.25) is 0 Å². The zero-order chi connectivity index (χ0) is 16.6. The summed E-state index contributed by atoms with van der Waals surface area (Å²) in [5.41, 5.74) is -2.97. The lowest BCUT2D eigenvalue weighted by molar-refractivity contribution is -0.147. The summed E-state index contributed by atoms with van der Waals surface area (Å²) in [5, 5.41) is 8.79. The number of rotatable bonds is 3. The Morgan fingerprint density at radius 1 is 1.19 bits per heavy atom. The van der Waals surface area contributed by atoms with Crippen LogP contribution in [-0.4, -0.2) is 34.5 Å². The van der Waals surface area contributed by atoms with Gasteiger partial charge in [0.05, 0.1) is 5.56 Å². The summed E-state index contributed by atoms with van der Waals surface area (Å²) in [6, 6.07) is 2.40. The number of carboxylic acid groups (broad SMARTS) is 1. The van der Waals surface area contributed by atoms with Gasteiger partial charge in [-0.15, -0.1) is 0 Å². The van der Waals surface area contributed by atoms with E-state index in [1.54, 1.807) is 0 Å². The molecule has 0 aliphatic heterocycles. The van der Waals surface area contributed by atoms with E-state index in [1.165, 1.54) is 20.9 Å². The minimum absolute atomic E-state index is 0.255. The van der Waals surface area contributed by atoms with Gasteiger partial charge < -0.3 is 10.0 Å². The first-order valence-electron chi connectivity index (χ1n) is 5.76. The van der Waals surface area contributed by atoms with Crippen molar-refractivity contribution in [3.05, 3.63) is 34.3 Å². The highest BCUT2D eigenvalue weighted by Gasteiger charge is 2.37. The van der Waals surface area contributed by atoms with E-state index in [1.807, 2.05) is 0 Å². The number of carboxylic acids is 1. The first kappa shape index (κ1) is 17.3. The summed E-state index contributed by atoms with van der Waals surface area (Å²) in [4.78, 5) is 24.1. The van der Waals surface area contributed by atoms with E-state index in [9.17, 15) is 22.8 Å². The van der Waals surface area contributed by atoms with E-state index in [2.05, 4.69) is 0 Å². The molecule has 1 aromatic rings. The van der Waals surface area contributed by atoms with E-state index >= 15 is 0 Å². The molecular weight excluding hydrogens is 311 g/mol. The standard InChI is InChI=1S/C13H13ClF3NO3/c1-12(2,11(20)21)18(3)10(19)7-4-8(13(15,16)17)6-9(14)5-7/h4-6H,1-3H3,(H,20,21). The van der Waals surface area contributed by atoms with Crippen molar-refractivity contribution in [3.8, 4) is 0 Å². The van der Waals surface area contributed by atoms with E-state index in [4.69, 9.17) is 16.7 Å². The molecule has 0 aromatic heterocycles. The maximum atomic E-state index is 12.7. The van der Waals surface area contributed by atoms with Crippen LogP contribution in [0.1, 0.15) is 29.8 Å². The summed E-state index contributed by atoms with van der Waals surface area (Å²) in [7, 11) is 1.20. The fourth-order valence-corrected chi connectivity index (χ4v) is 1.70. The molecule has 8 heteroatoms. The highest BCUT2D eigenvalue weighted by atomic mass is 35.5. The second-order valence-electron chi connectivity index (χ2n) is 4.95. The van der Waals surface area contributed by atoms with E-state index < -0.39 is 29.2 Å². The Balaban J connectivity index is 3.26. The zero-order valence-electron chi connectivity index (χ0n) is 11.5. The number of alkyl halides is 3. The minimum Gasteiger partial charge on any atom is -0.480 e. The first-order chi connectivity index (χ1) is 9.37. The number of aliphatic carboxylic acids is 1. The molecule has 21 heavy (non-hydrogen) atoms. The summed E-state index contributed by atoms with van der Waals surface area (Å²) in [6.45, 7) is 2.53. The van der Waals surface area contributed by atoms with Gasteiger partial charge in [0, 0.05) is 17.6 Å². The predicted molar refractivity (Wildman–Crippen MR) is 70.3 cm³/mol. The average molecular weight is 324 g/mol. The first-order valence-corrected chi connectivity index (χ1v) is 6.14. The third kappa shape index (κ3) is 3.66. The monoisotopic (exact) mass is 323 g/mol. The molecule has 4 nitrogen and oxygen atoms in total. The Labute approximate surface area is 124 Å². The Bertz CT molecular complexity index is 585. The maximum absolute atomic E-state index is 12.7. The van der Waals surface area contributed by atoms with Crippen molar-refractivity contribution in [1.29, 1.82) is 0 Å². The third-order valence-electron chi connectivity index (χ3n) is 3.14. The average Bonchev–Trinajstić information content (AvgIpc) is 2.34. The Morgan fingerprint density at radius 3 is 2.14 bits per heavy atom. The fourth-order valence-electron chi connectivity index (χ4n) is 1.47. The third-order valence-corrected chi connectivity index (χ3v) is 3.36. The number of hydrogen-bond donors (Lipinski definition) is 1. The van der Waals surface area contributed by atoms with Gasteiger partial charge in [-0.1, -0.05) is 11.6 Å². The van der Waals surface area contributed by atoms with Gasteiger partial charge in [-0.05, 0) is 32.0 Å². The summed E-state index contributed by atoms with van der Waals surface area (Å²) < 4.78 is 38.1. The Morgan fingerprint density at radius 2 is 1.71 bits per heavy atom. The molecule has 116 valence electrons. The van der Waals surface area contributed by atoms with Crippen LogP contribution in [0.3, 0.4) is 0 Å². The summed E-state index contributed by atoms with van der Waals surface area (Å²) in [5.74, 6) is -2.15. The number of nitrogens with zero attached hydrogens (tertiary/aromatic N) is 1. The number of benzene rings is 1. The van der Waals surface area contributed by atoms with Crippen LogP contribution >= 0.6 is 11.6 Å². The lowest BCUT2D eigenvalue weighted by Gasteiger charge is -2.31. The lowest BCUT2D eigenvalue weighted by Crippen LogP contribution is -2.50. The van der Waals surface area contributed by atoms with E-state index in [0.717, 1.165) is 11.0 Å². The second-order valence-corrected chi connectivity index (χ2v) is 5.39. The van der Waals surface area contributed by atoms with Gasteiger partial charge in [0.15, 0.2) is 0 Å². The molecule has 0 aliphatic carbocycles. The summed E-state index contributed by atoms with van der Waals surface area (Å²) >= 11 is 5.59. The van der Waals surface area contributed by atoms with Crippen molar-refractivity contribution in [2.45, 2.75) is 25.6 Å². The molecule has 0 saturated carbocycles. The van der Waals surface area contributed by atoms with E-state index in [-0.39, 0.29) is 10.6 Å². The minimum atomic E-state index is -4.65. The van der Waals surface area contributed by atoms with Crippen LogP contribution in [0.2, 0.25) is 5.02 Å². The molecule has 1 N–H and O–H groups in total. The molecule has 0 fully saturated rings. The van der Waals surface area contributed by atoms with Gasteiger partial charge in [0.1, 0.15) is 5.54 Å². The van der Waals surface area contributed by atoms with Crippen LogP contribution in [-0.2, 0) is 11.0 Å². The molecule has 0 radical (unpaired) electrons. The van der Waals surface area contributed by atoms with Crippen molar-refractivity contribution in [2.24, 2.45) is 0 Å². The quantitative estimate of drug-likeness (QED) is 0.928. The molecule has 0 spiro atoms. The van der Waals surface area contributed by atoms with Crippen molar-refractivity contribution in [1.82, 2.24) is 4.90 Å². The molecule has 0 unspecified atom stereocenters. The van der Waals surface area contributed by atoms with Gasteiger partial charge in [0.25, 0.3) is 5.91 Å². The van der Waals surface area contributed by atoms with Crippen molar-refractivity contribution in [2.75, 3.05) is 7.05 Å². The van der Waals surface area contributed by atoms with Crippen LogP contribution in [0.5, 0.6) is 0 Å². The molecule has 0 aliphatic rings. The van der Waals surface area contributed by atoms with Gasteiger partial charge in [-0.3, -0.25) is 4.79 Å². The number of halogens is 4. The van der Waals surface area contributed by atoms with Crippen LogP contribution < -0.4 is 0 Å².